The molecule has 2 aromatic rings. The average molecular weight is 419 g/mol. The molecule has 0 unspecified atom stereocenters. The van der Waals surface area contributed by atoms with Crippen LogP contribution < -0.4 is 5.32 Å². The van der Waals surface area contributed by atoms with Gasteiger partial charge in [-0.3, -0.25) is 9.59 Å². The van der Waals surface area contributed by atoms with E-state index in [9.17, 15) is 9.59 Å². The molecular weight excluding hydrogens is 392 g/mol. The molecule has 0 bridgehead atoms. The summed E-state index contributed by atoms with van der Waals surface area (Å²) in [6.45, 7) is 5.96. The van der Waals surface area contributed by atoms with Crippen LogP contribution in [-0.4, -0.2) is 34.6 Å². The van der Waals surface area contributed by atoms with Gasteiger partial charge in [-0.2, -0.15) is 0 Å². The van der Waals surface area contributed by atoms with Crippen LogP contribution in [0.25, 0.3) is 0 Å². The highest BCUT2D eigenvalue weighted by atomic mass is 35.5. The first-order chi connectivity index (χ1) is 13.4. The van der Waals surface area contributed by atoms with Crippen molar-refractivity contribution < 1.29 is 9.59 Å². The van der Waals surface area contributed by atoms with Crippen molar-refractivity contribution in [3.8, 4) is 0 Å². The Kier molecular flexibility index (Phi) is 8.87. The summed E-state index contributed by atoms with van der Waals surface area (Å²) in [6.07, 6.45) is 0. The summed E-state index contributed by atoms with van der Waals surface area (Å²) < 4.78 is 0. The van der Waals surface area contributed by atoms with Gasteiger partial charge in [-0.05, 0) is 44.0 Å². The Morgan fingerprint density at radius 2 is 1.64 bits per heavy atom. The minimum absolute atomic E-state index is 0.0230. The van der Waals surface area contributed by atoms with Gasteiger partial charge in [0.25, 0.3) is 0 Å². The average Bonchev–Trinajstić information content (AvgIpc) is 2.67. The van der Waals surface area contributed by atoms with Crippen molar-refractivity contribution in [1.82, 2.24) is 10.2 Å². The Hall–Kier alpha value is -1.98. The molecule has 1 atom stereocenters. The van der Waals surface area contributed by atoms with Crippen LogP contribution in [0.5, 0.6) is 0 Å². The Morgan fingerprint density at radius 1 is 1.00 bits per heavy atom. The van der Waals surface area contributed by atoms with Gasteiger partial charge < -0.3 is 10.2 Å². The summed E-state index contributed by atoms with van der Waals surface area (Å²) in [7, 11) is 0. The van der Waals surface area contributed by atoms with Gasteiger partial charge in [-0.1, -0.05) is 54.1 Å². The molecular formula is C22H27ClN2O2S. The molecule has 4 nitrogen and oxygen atoms in total. The number of thioether (sulfide) groups is 1. The van der Waals surface area contributed by atoms with Gasteiger partial charge in [-0.25, -0.2) is 0 Å². The lowest BCUT2D eigenvalue weighted by Crippen LogP contribution is -2.49. The summed E-state index contributed by atoms with van der Waals surface area (Å²) in [5.74, 6) is 0.878. The quantitative estimate of drug-likeness (QED) is 0.651. The van der Waals surface area contributed by atoms with E-state index in [1.165, 1.54) is 5.56 Å². The highest BCUT2D eigenvalue weighted by Gasteiger charge is 2.26. The number of carbonyl (C=O) groups is 2. The summed E-state index contributed by atoms with van der Waals surface area (Å²) >= 11 is 7.51. The maximum atomic E-state index is 12.9. The van der Waals surface area contributed by atoms with Gasteiger partial charge in [0.15, 0.2) is 0 Å². The maximum absolute atomic E-state index is 12.9. The molecule has 0 aliphatic carbocycles. The van der Waals surface area contributed by atoms with E-state index in [0.29, 0.717) is 17.3 Å². The lowest BCUT2D eigenvalue weighted by molar-refractivity contribution is -0.138. The smallest absolute Gasteiger partial charge is 0.242 e. The molecule has 0 heterocycles. The SMILES string of the molecule is CC(C)NC(=O)[C@@H](C)N(Cc1ccc(Cl)cc1)C(=O)CSCc1ccccc1. The number of benzene rings is 2. The van der Waals surface area contributed by atoms with Crippen molar-refractivity contribution in [2.75, 3.05) is 5.75 Å². The molecule has 2 aromatic carbocycles. The van der Waals surface area contributed by atoms with Crippen LogP contribution in [0, 0.1) is 0 Å². The standard InChI is InChI=1S/C22H27ClN2O2S/c1-16(2)24-22(27)17(3)25(13-18-9-11-20(23)12-10-18)21(26)15-28-14-19-7-5-4-6-8-19/h4-12,16-17H,13-15H2,1-3H3,(H,24,27)/t17-/m1/s1. The van der Waals surface area contributed by atoms with Crippen LogP contribution in [0.4, 0.5) is 0 Å². The lowest BCUT2D eigenvalue weighted by atomic mass is 10.1. The van der Waals surface area contributed by atoms with Crippen molar-refractivity contribution in [3.05, 3.63) is 70.7 Å². The van der Waals surface area contributed by atoms with E-state index in [2.05, 4.69) is 5.32 Å². The lowest BCUT2D eigenvalue weighted by Gasteiger charge is -2.29. The molecule has 6 heteroatoms. The second-order valence-electron chi connectivity index (χ2n) is 6.97. The molecule has 0 aliphatic rings. The van der Waals surface area contributed by atoms with Crippen LogP contribution in [0.15, 0.2) is 54.6 Å². The third kappa shape index (κ3) is 7.21. The first-order valence-electron chi connectivity index (χ1n) is 9.32. The first-order valence-corrected chi connectivity index (χ1v) is 10.9. The highest BCUT2D eigenvalue weighted by molar-refractivity contribution is 7.99. The van der Waals surface area contributed by atoms with Gasteiger partial charge in [0.2, 0.25) is 11.8 Å². The summed E-state index contributed by atoms with van der Waals surface area (Å²) in [5, 5.41) is 3.54. The molecule has 2 rings (SSSR count). The first kappa shape index (κ1) is 22.3. The van der Waals surface area contributed by atoms with Gasteiger partial charge in [0, 0.05) is 23.4 Å². The number of hydrogen-bond donors (Lipinski definition) is 1. The molecule has 0 fully saturated rings. The fourth-order valence-electron chi connectivity index (χ4n) is 2.69. The van der Waals surface area contributed by atoms with E-state index in [1.807, 2.05) is 56.3 Å². The number of rotatable bonds is 9. The predicted octanol–water partition coefficient (Wildman–Crippen LogP) is 4.52. The number of nitrogens with one attached hydrogen (secondary N) is 1. The normalized spacial score (nSPS) is 11.9. The van der Waals surface area contributed by atoms with Crippen LogP contribution in [0.2, 0.25) is 5.02 Å². The second kappa shape index (κ2) is 11.1. The Morgan fingerprint density at radius 3 is 2.25 bits per heavy atom. The van der Waals surface area contributed by atoms with Crippen LogP contribution in [0.1, 0.15) is 31.9 Å². The van der Waals surface area contributed by atoms with E-state index in [4.69, 9.17) is 11.6 Å². The monoisotopic (exact) mass is 418 g/mol. The molecule has 0 saturated heterocycles. The van der Waals surface area contributed by atoms with Crippen LogP contribution in [-0.2, 0) is 21.9 Å². The minimum atomic E-state index is -0.553. The zero-order chi connectivity index (χ0) is 20.5. The molecule has 0 saturated carbocycles. The molecule has 0 radical (unpaired) electrons. The number of carbonyl (C=O) groups excluding carboxylic acids is 2. The van der Waals surface area contributed by atoms with Crippen LogP contribution >= 0.6 is 23.4 Å². The predicted molar refractivity (Wildman–Crippen MR) is 117 cm³/mol. The van der Waals surface area contributed by atoms with Crippen molar-refractivity contribution in [2.24, 2.45) is 0 Å². The number of amides is 2. The molecule has 150 valence electrons. The van der Waals surface area contributed by atoms with Crippen molar-refractivity contribution >= 4 is 35.2 Å². The zero-order valence-electron chi connectivity index (χ0n) is 16.5. The molecule has 0 aliphatic heterocycles. The Balaban J connectivity index is 2.05. The van der Waals surface area contributed by atoms with E-state index < -0.39 is 6.04 Å². The minimum Gasteiger partial charge on any atom is -0.352 e. The Labute approximate surface area is 176 Å². The fraction of sp³-hybridized carbons (Fsp3) is 0.364. The van der Waals surface area contributed by atoms with Gasteiger partial charge in [0.05, 0.1) is 5.75 Å². The largest absolute Gasteiger partial charge is 0.352 e. The molecule has 0 aromatic heterocycles. The van der Waals surface area contributed by atoms with Crippen molar-refractivity contribution in [3.63, 3.8) is 0 Å². The van der Waals surface area contributed by atoms with E-state index in [1.54, 1.807) is 35.7 Å². The third-order valence-corrected chi connectivity index (χ3v) is 5.44. The topological polar surface area (TPSA) is 49.4 Å². The molecule has 2 amide bonds. The van der Waals surface area contributed by atoms with Crippen molar-refractivity contribution in [2.45, 2.75) is 45.2 Å². The van der Waals surface area contributed by atoms with Crippen LogP contribution in [0.3, 0.4) is 0 Å². The zero-order valence-corrected chi connectivity index (χ0v) is 18.1. The van der Waals surface area contributed by atoms with E-state index >= 15 is 0 Å². The number of nitrogens with zero attached hydrogens (tertiary/aromatic N) is 1. The van der Waals surface area contributed by atoms with Gasteiger partial charge in [0.1, 0.15) is 6.04 Å². The number of hydrogen-bond acceptors (Lipinski definition) is 3. The molecule has 1 N–H and O–H groups in total. The highest BCUT2D eigenvalue weighted by Crippen LogP contribution is 2.17. The summed E-state index contributed by atoms with van der Waals surface area (Å²) in [6, 6.07) is 16.9. The maximum Gasteiger partial charge on any atom is 0.242 e. The van der Waals surface area contributed by atoms with Gasteiger partial charge >= 0.3 is 0 Å². The van der Waals surface area contributed by atoms with E-state index in [0.717, 1.165) is 11.3 Å². The summed E-state index contributed by atoms with van der Waals surface area (Å²) in [4.78, 5) is 27.1. The molecule has 0 spiro atoms. The number of halogens is 1. The third-order valence-electron chi connectivity index (χ3n) is 4.20. The van der Waals surface area contributed by atoms with E-state index in [-0.39, 0.29) is 17.9 Å². The second-order valence-corrected chi connectivity index (χ2v) is 8.39. The summed E-state index contributed by atoms with van der Waals surface area (Å²) in [5.41, 5.74) is 2.12. The Bertz CT molecular complexity index is 766. The van der Waals surface area contributed by atoms with Gasteiger partial charge in [-0.15, -0.1) is 11.8 Å². The molecule has 28 heavy (non-hydrogen) atoms. The fourth-order valence-corrected chi connectivity index (χ4v) is 3.68. The van der Waals surface area contributed by atoms with Crippen molar-refractivity contribution in [1.29, 1.82) is 0 Å².